The lowest BCUT2D eigenvalue weighted by atomic mass is 10.0. The van der Waals surface area contributed by atoms with Gasteiger partial charge in [0.2, 0.25) is 5.91 Å². The Bertz CT molecular complexity index is 207. The third kappa shape index (κ3) is 1.76. The molecular formula is C9H14N2O. The number of nitriles is 1. The Morgan fingerprint density at radius 2 is 2.42 bits per heavy atom. The van der Waals surface area contributed by atoms with Crippen LogP contribution in [0.3, 0.4) is 0 Å². The summed E-state index contributed by atoms with van der Waals surface area (Å²) in [5.41, 5.74) is 0. The van der Waals surface area contributed by atoms with Crippen molar-refractivity contribution in [3.05, 3.63) is 0 Å². The molecule has 1 fully saturated rings. The Kier molecular flexibility index (Phi) is 3.09. The van der Waals surface area contributed by atoms with E-state index in [1.165, 1.54) is 0 Å². The van der Waals surface area contributed by atoms with E-state index in [4.69, 9.17) is 5.26 Å². The van der Waals surface area contributed by atoms with Crippen molar-refractivity contribution < 1.29 is 4.79 Å². The van der Waals surface area contributed by atoms with Crippen molar-refractivity contribution >= 4 is 5.91 Å². The summed E-state index contributed by atoms with van der Waals surface area (Å²) in [4.78, 5) is 13.0. The number of hydrogen-bond acceptors (Lipinski definition) is 2. The van der Waals surface area contributed by atoms with Gasteiger partial charge in [-0.15, -0.1) is 0 Å². The quantitative estimate of drug-likeness (QED) is 0.589. The summed E-state index contributed by atoms with van der Waals surface area (Å²) in [5.74, 6) is 0.112. The topological polar surface area (TPSA) is 44.1 Å². The van der Waals surface area contributed by atoms with Crippen LogP contribution in [-0.4, -0.2) is 23.4 Å². The van der Waals surface area contributed by atoms with Crippen LogP contribution in [0.2, 0.25) is 0 Å². The lowest BCUT2D eigenvalue weighted by molar-refractivity contribution is -0.133. The van der Waals surface area contributed by atoms with Gasteiger partial charge in [0.15, 0.2) is 0 Å². The highest BCUT2D eigenvalue weighted by Gasteiger charge is 2.24. The van der Waals surface area contributed by atoms with Crippen LogP contribution in [0.25, 0.3) is 0 Å². The van der Waals surface area contributed by atoms with E-state index in [2.05, 4.69) is 6.07 Å². The van der Waals surface area contributed by atoms with Gasteiger partial charge < -0.3 is 4.90 Å². The molecule has 0 aromatic rings. The van der Waals surface area contributed by atoms with Crippen molar-refractivity contribution in [2.24, 2.45) is 0 Å². The number of carbonyl (C=O) groups excluding carboxylic acids is 1. The second kappa shape index (κ2) is 4.10. The predicted molar refractivity (Wildman–Crippen MR) is 45.3 cm³/mol. The van der Waals surface area contributed by atoms with Crippen LogP contribution < -0.4 is 0 Å². The molecule has 1 heterocycles. The summed E-state index contributed by atoms with van der Waals surface area (Å²) < 4.78 is 0. The maximum absolute atomic E-state index is 11.3. The van der Waals surface area contributed by atoms with E-state index in [0.29, 0.717) is 6.42 Å². The van der Waals surface area contributed by atoms with Crippen molar-refractivity contribution in [2.45, 2.75) is 38.6 Å². The van der Waals surface area contributed by atoms with E-state index in [1.807, 2.05) is 6.92 Å². The molecule has 1 rings (SSSR count). The van der Waals surface area contributed by atoms with Gasteiger partial charge in [-0.1, -0.05) is 6.92 Å². The van der Waals surface area contributed by atoms with E-state index >= 15 is 0 Å². The average molecular weight is 166 g/mol. The summed E-state index contributed by atoms with van der Waals surface area (Å²) in [6.45, 7) is 2.61. The maximum atomic E-state index is 11.3. The molecule has 3 heteroatoms. The van der Waals surface area contributed by atoms with Crippen LogP contribution in [0, 0.1) is 11.3 Å². The molecule has 0 aromatic carbocycles. The van der Waals surface area contributed by atoms with Gasteiger partial charge in [0.1, 0.15) is 6.04 Å². The minimum atomic E-state index is -0.161. The van der Waals surface area contributed by atoms with E-state index in [1.54, 1.807) is 4.90 Å². The Balaban J connectivity index is 2.60. The third-order valence-electron chi connectivity index (χ3n) is 2.27. The van der Waals surface area contributed by atoms with Crippen molar-refractivity contribution in [1.82, 2.24) is 4.90 Å². The van der Waals surface area contributed by atoms with Crippen LogP contribution in [0.5, 0.6) is 0 Å². The van der Waals surface area contributed by atoms with E-state index < -0.39 is 0 Å². The predicted octanol–water partition coefficient (Wildman–Crippen LogP) is 1.30. The van der Waals surface area contributed by atoms with Gasteiger partial charge in [-0.25, -0.2) is 0 Å². The minimum absolute atomic E-state index is 0.112. The lowest BCUT2D eigenvalue weighted by Crippen LogP contribution is -2.42. The standard InChI is InChI=1S/C9H14N2O/c1-2-9(12)11-6-4-3-5-8(11)7-10/h8H,2-6H2,1H3. The zero-order valence-corrected chi connectivity index (χ0v) is 7.42. The molecule has 0 aliphatic carbocycles. The number of rotatable bonds is 1. The first kappa shape index (κ1) is 9.05. The first-order valence-corrected chi connectivity index (χ1v) is 4.48. The van der Waals surface area contributed by atoms with Gasteiger partial charge in [-0.05, 0) is 19.3 Å². The van der Waals surface area contributed by atoms with Crippen molar-refractivity contribution in [1.29, 1.82) is 5.26 Å². The minimum Gasteiger partial charge on any atom is -0.327 e. The zero-order chi connectivity index (χ0) is 8.97. The molecule has 1 atom stereocenters. The van der Waals surface area contributed by atoms with Gasteiger partial charge in [0.25, 0.3) is 0 Å². The van der Waals surface area contributed by atoms with E-state index in [-0.39, 0.29) is 11.9 Å². The molecule has 3 nitrogen and oxygen atoms in total. The second-order valence-corrected chi connectivity index (χ2v) is 3.08. The number of nitrogens with zero attached hydrogens (tertiary/aromatic N) is 2. The van der Waals surface area contributed by atoms with Crippen LogP contribution in [0.1, 0.15) is 32.6 Å². The fourth-order valence-electron chi connectivity index (χ4n) is 1.57. The normalized spacial score (nSPS) is 23.3. The number of likely N-dealkylation sites (tertiary alicyclic amines) is 1. The van der Waals surface area contributed by atoms with Crippen molar-refractivity contribution in [2.75, 3.05) is 6.54 Å². The SMILES string of the molecule is CCC(=O)N1CCCCC1C#N. The molecule has 1 saturated heterocycles. The number of piperidine rings is 1. The molecule has 0 spiro atoms. The van der Waals surface area contributed by atoms with Crippen molar-refractivity contribution in [3.63, 3.8) is 0 Å². The summed E-state index contributed by atoms with van der Waals surface area (Å²) in [7, 11) is 0. The summed E-state index contributed by atoms with van der Waals surface area (Å²) >= 11 is 0. The van der Waals surface area contributed by atoms with Gasteiger partial charge in [0.05, 0.1) is 6.07 Å². The van der Waals surface area contributed by atoms with Crippen molar-refractivity contribution in [3.8, 4) is 6.07 Å². The molecule has 1 aliphatic heterocycles. The molecular weight excluding hydrogens is 152 g/mol. The third-order valence-corrected chi connectivity index (χ3v) is 2.27. The number of amides is 1. The zero-order valence-electron chi connectivity index (χ0n) is 7.42. The largest absolute Gasteiger partial charge is 0.327 e. The molecule has 1 unspecified atom stereocenters. The smallest absolute Gasteiger partial charge is 0.223 e. The van der Waals surface area contributed by atoms with Crippen LogP contribution in [0.4, 0.5) is 0 Å². The van der Waals surface area contributed by atoms with E-state index in [9.17, 15) is 4.79 Å². The fraction of sp³-hybridized carbons (Fsp3) is 0.778. The molecule has 0 aromatic heterocycles. The van der Waals surface area contributed by atoms with Gasteiger partial charge in [0, 0.05) is 13.0 Å². The monoisotopic (exact) mass is 166 g/mol. The van der Waals surface area contributed by atoms with Gasteiger partial charge in [-0.2, -0.15) is 5.26 Å². The molecule has 66 valence electrons. The first-order valence-electron chi connectivity index (χ1n) is 4.48. The molecule has 12 heavy (non-hydrogen) atoms. The highest BCUT2D eigenvalue weighted by Crippen LogP contribution is 2.16. The van der Waals surface area contributed by atoms with Crippen LogP contribution in [0.15, 0.2) is 0 Å². The second-order valence-electron chi connectivity index (χ2n) is 3.08. The van der Waals surface area contributed by atoms with Crippen LogP contribution in [-0.2, 0) is 4.79 Å². The Labute approximate surface area is 73.0 Å². The average Bonchev–Trinajstić information content (AvgIpc) is 2.16. The molecule has 0 bridgehead atoms. The molecule has 1 aliphatic rings. The Morgan fingerprint density at radius 1 is 1.67 bits per heavy atom. The molecule has 0 saturated carbocycles. The Morgan fingerprint density at radius 3 is 3.00 bits per heavy atom. The molecule has 0 radical (unpaired) electrons. The summed E-state index contributed by atoms with van der Waals surface area (Å²) in [5, 5.41) is 8.76. The Hall–Kier alpha value is -1.04. The summed E-state index contributed by atoms with van der Waals surface area (Å²) in [6, 6.07) is 2.01. The van der Waals surface area contributed by atoms with Gasteiger partial charge in [-0.3, -0.25) is 4.79 Å². The maximum Gasteiger partial charge on any atom is 0.223 e. The lowest BCUT2D eigenvalue weighted by Gasteiger charge is -2.31. The van der Waals surface area contributed by atoms with Gasteiger partial charge >= 0.3 is 0 Å². The molecule has 0 N–H and O–H groups in total. The number of hydrogen-bond donors (Lipinski definition) is 0. The fourth-order valence-corrected chi connectivity index (χ4v) is 1.57. The highest BCUT2D eigenvalue weighted by atomic mass is 16.2. The van der Waals surface area contributed by atoms with Crippen LogP contribution >= 0.6 is 0 Å². The number of carbonyl (C=O) groups is 1. The van der Waals surface area contributed by atoms with E-state index in [0.717, 1.165) is 25.8 Å². The molecule has 1 amide bonds. The highest BCUT2D eigenvalue weighted by molar-refractivity contribution is 5.76. The summed E-state index contributed by atoms with van der Waals surface area (Å²) in [6.07, 6.45) is 3.48. The first-order chi connectivity index (χ1) is 5.79.